The first-order valence-electron chi connectivity index (χ1n) is 8.99. The van der Waals surface area contributed by atoms with E-state index in [-0.39, 0.29) is 6.04 Å². The van der Waals surface area contributed by atoms with E-state index >= 15 is 0 Å². The Morgan fingerprint density at radius 3 is 2.88 bits per heavy atom. The highest BCUT2D eigenvalue weighted by atomic mass is 16.5. The van der Waals surface area contributed by atoms with Gasteiger partial charge in [0.1, 0.15) is 5.82 Å². The lowest BCUT2D eigenvalue weighted by Gasteiger charge is -2.53. The van der Waals surface area contributed by atoms with Gasteiger partial charge in [0.15, 0.2) is 0 Å². The fraction of sp³-hybridized carbons (Fsp3) is 0.526. The molecule has 5 nitrogen and oxygen atoms in total. The van der Waals surface area contributed by atoms with Gasteiger partial charge in [-0.25, -0.2) is 4.98 Å². The number of hydrogen-bond donors (Lipinski definition) is 1. The van der Waals surface area contributed by atoms with Crippen molar-refractivity contribution in [2.45, 2.75) is 31.7 Å². The van der Waals surface area contributed by atoms with E-state index in [1.165, 1.54) is 29.8 Å². The van der Waals surface area contributed by atoms with Crippen LogP contribution in [0.1, 0.15) is 36.7 Å². The molecule has 0 radical (unpaired) electrons. The van der Waals surface area contributed by atoms with Crippen LogP contribution in [0.2, 0.25) is 0 Å². The first-order chi connectivity index (χ1) is 11.7. The number of benzene rings is 1. The van der Waals surface area contributed by atoms with Gasteiger partial charge < -0.3 is 19.9 Å². The van der Waals surface area contributed by atoms with Crippen molar-refractivity contribution in [2.24, 2.45) is 11.1 Å². The number of hydrogen-bond acceptors (Lipinski definition) is 4. The van der Waals surface area contributed by atoms with Crippen molar-refractivity contribution in [2.75, 3.05) is 31.2 Å². The summed E-state index contributed by atoms with van der Waals surface area (Å²) in [5, 5.41) is 0. The molecular formula is C19H24N4O. The Hall–Kier alpha value is -1.85. The summed E-state index contributed by atoms with van der Waals surface area (Å²) in [7, 11) is 0. The van der Waals surface area contributed by atoms with Crippen molar-refractivity contribution in [1.29, 1.82) is 0 Å². The van der Waals surface area contributed by atoms with Crippen molar-refractivity contribution >= 4 is 5.69 Å². The predicted molar refractivity (Wildman–Crippen MR) is 93.5 cm³/mol. The van der Waals surface area contributed by atoms with E-state index in [9.17, 15) is 0 Å². The number of nitrogens with zero attached hydrogens (tertiary/aromatic N) is 3. The van der Waals surface area contributed by atoms with Crippen molar-refractivity contribution in [3.05, 3.63) is 42.0 Å². The maximum Gasteiger partial charge on any atom is 0.130 e. The summed E-state index contributed by atoms with van der Waals surface area (Å²) >= 11 is 0. The molecule has 126 valence electrons. The second-order valence-electron chi connectivity index (χ2n) is 7.58. The van der Waals surface area contributed by atoms with E-state index in [1.807, 2.05) is 12.4 Å². The fourth-order valence-corrected chi connectivity index (χ4v) is 4.48. The molecule has 2 N–H and O–H groups in total. The highest BCUT2D eigenvalue weighted by Gasteiger charge is 2.44. The van der Waals surface area contributed by atoms with Gasteiger partial charge in [-0.2, -0.15) is 0 Å². The van der Waals surface area contributed by atoms with Gasteiger partial charge in [-0.15, -0.1) is 0 Å². The number of imidazole rings is 1. The molecule has 3 aliphatic rings. The molecule has 1 spiro atoms. The number of nitrogens with two attached hydrogens (primary N) is 1. The Morgan fingerprint density at radius 2 is 2.04 bits per heavy atom. The molecule has 0 saturated carbocycles. The summed E-state index contributed by atoms with van der Waals surface area (Å²) in [6.07, 6.45) is 8.28. The summed E-state index contributed by atoms with van der Waals surface area (Å²) in [6.45, 7) is 4.17. The Balaban J connectivity index is 1.45. The average molecular weight is 324 g/mol. The molecule has 5 heteroatoms. The third-order valence-electron chi connectivity index (χ3n) is 6.03. The lowest BCUT2D eigenvalue weighted by atomic mass is 9.73. The van der Waals surface area contributed by atoms with E-state index in [2.05, 4.69) is 32.7 Å². The number of anilines is 1. The van der Waals surface area contributed by atoms with Gasteiger partial charge in [0.05, 0.1) is 11.7 Å². The molecule has 1 atom stereocenters. The zero-order valence-electron chi connectivity index (χ0n) is 13.9. The quantitative estimate of drug-likeness (QED) is 0.875. The lowest BCUT2D eigenvalue weighted by molar-refractivity contribution is -0.000192. The van der Waals surface area contributed by atoms with Crippen molar-refractivity contribution in [1.82, 2.24) is 9.55 Å². The smallest absolute Gasteiger partial charge is 0.130 e. The molecule has 5 rings (SSSR count). The third kappa shape index (κ3) is 2.19. The molecule has 0 bridgehead atoms. The highest BCUT2D eigenvalue weighted by molar-refractivity contribution is 5.59. The molecule has 1 aromatic carbocycles. The SMILES string of the molecule is N[C@H]1CCc2ccc(N3CC4(CCOCC4)C3)cc2-n2ccnc21. The molecule has 24 heavy (non-hydrogen) atoms. The monoisotopic (exact) mass is 324 g/mol. The third-order valence-corrected chi connectivity index (χ3v) is 6.03. The molecule has 2 saturated heterocycles. The van der Waals surface area contributed by atoms with Crippen molar-refractivity contribution in [3.63, 3.8) is 0 Å². The van der Waals surface area contributed by atoms with Crippen LogP contribution >= 0.6 is 0 Å². The topological polar surface area (TPSA) is 56.3 Å². The van der Waals surface area contributed by atoms with Crippen LogP contribution in [-0.2, 0) is 11.2 Å². The molecule has 0 unspecified atom stereocenters. The zero-order valence-corrected chi connectivity index (χ0v) is 13.9. The maximum atomic E-state index is 6.29. The maximum absolute atomic E-state index is 6.29. The molecule has 4 heterocycles. The molecule has 0 amide bonds. The van der Waals surface area contributed by atoms with E-state index < -0.39 is 0 Å². The minimum atomic E-state index is 0.0189. The zero-order chi connectivity index (χ0) is 16.1. The van der Waals surface area contributed by atoms with Gasteiger partial charge in [0.25, 0.3) is 0 Å². The number of rotatable bonds is 1. The normalized spacial score (nSPS) is 24.9. The van der Waals surface area contributed by atoms with Crippen LogP contribution in [0.25, 0.3) is 5.69 Å². The number of fused-ring (bicyclic) bond motifs is 3. The van der Waals surface area contributed by atoms with Crippen LogP contribution < -0.4 is 10.6 Å². The summed E-state index contributed by atoms with van der Waals surface area (Å²) in [5.74, 6) is 0.982. The second-order valence-corrected chi connectivity index (χ2v) is 7.58. The Labute approximate surface area is 142 Å². The van der Waals surface area contributed by atoms with Gasteiger partial charge >= 0.3 is 0 Å². The van der Waals surface area contributed by atoms with Crippen LogP contribution in [0.4, 0.5) is 5.69 Å². The van der Waals surface area contributed by atoms with Gasteiger partial charge in [-0.3, -0.25) is 0 Å². The fourth-order valence-electron chi connectivity index (χ4n) is 4.48. The predicted octanol–water partition coefficient (Wildman–Crippen LogP) is 2.44. The summed E-state index contributed by atoms with van der Waals surface area (Å²) in [5.41, 5.74) is 10.7. The van der Waals surface area contributed by atoms with Gasteiger partial charge in [0.2, 0.25) is 0 Å². The minimum Gasteiger partial charge on any atom is -0.381 e. The van der Waals surface area contributed by atoms with Gasteiger partial charge in [-0.1, -0.05) is 6.07 Å². The Kier molecular flexibility index (Phi) is 3.22. The number of aromatic nitrogens is 2. The molecule has 0 aliphatic carbocycles. The van der Waals surface area contributed by atoms with Gasteiger partial charge in [0, 0.05) is 49.8 Å². The van der Waals surface area contributed by atoms with Crippen LogP contribution in [-0.4, -0.2) is 35.9 Å². The van der Waals surface area contributed by atoms with Crippen LogP contribution in [0.5, 0.6) is 0 Å². The minimum absolute atomic E-state index is 0.0189. The number of ether oxygens (including phenoxy) is 1. The summed E-state index contributed by atoms with van der Waals surface area (Å²) < 4.78 is 7.71. The van der Waals surface area contributed by atoms with E-state index in [0.717, 1.165) is 45.0 Å². The van der Waals surface area contributed by atoms with E-state index in [0.29, 0.717) is 5.41 Å². The first-order valence-corrected chi connectivity index (χ1v) is 8.99. The lowest BCUT2D eigenvalue weighted by Crippen LogP contribution is -2.58. The highest BCUT2D eigenvalue weighted by Crippen LogP contribution is 2.43. The standard InChI is InChI=1S/C19H24N4O/c20-16-4-2-14-1-3-15(11-17(14)23-8-7-21-18(16)23)22-12-19(13-22)5-9-24-10-6-19/h1,3,7-8,11,16H,2,4-6,9-10,12-13,20H2/t16-/m0/s1. The summed E-state index contributed by atoms with van der Waals surface area (Å²) in [6, 6.07) is 6.90. The molecule has 3 aliphatic heterocycles. The second kappa shape index (κ2) is 5.33. The Morgan fingerprint density at radius 1 is 1.21 bits per heavy atom. The Bertz CT molecular complexity index is 754. The van der Waals surface area contributed by atoms with E-state index in [4.69, 9.17) is 10.5 Å². The van der Waals surface area contributed by atoms with Crippen molar-refractivity contribution < 1.29 is 4.74 Å². The first kappa shape index (κ1) is 14.5. The van der Waals surface area contributed by atoms with Crippen molar-refractivity contribution in [3.8, 4) is 5.69 Å². The van der Waals surface area contributed by atoms with Crippen LogP contribution in [0, 0.1) is 5.41 Å². The molecule has 2 fully saturated rings. The van der Waals surface area contributed by atoms with E-state index in [1.54, 1.807) is 0 Å². The van der Waals surface area contributed by atoms with Crippen LogP contribution in [0.3, 0.4) is 0 Å². The molecular weight excluding hydrogens is 300 g/mol. The van der Waals surface area contributed by atoms with Gasteiger partial charge in [-0.05, 0) is 43.4 Å². The average Bonchev–Trinajstić information content (AvgIpc) is 3.03. The molecule has 1 aromatic heterocycles. The van der Waals surface area contributed by atoms with Crippen LogP contribution in [0.15, 0.2) is 30.6 Å². The summed E-state index contributed by atoms with van der Waals surface area (Å²) in [4.78, 5) is 6.99. The number of aryl methyl sites for hydroxylation is 1. The molecule has 2 aromatic rings. The largest absolute Gasteiger partial charge is 0.381 e.